The van der Waals surface area contributed by atoms with Gasteiger partial charge in [-0.1, -0.05) is 90.5 Å². The van der Waals surface area contributed by atoms with Crippen molar-refractivity contribution in [2.24, 2.45) is 0 Å². The molecule has 0 aliphatic rings. The van der Waals surface area contributed by atoms with Crippen LogP contribution in [0.3, 0.4) is 0 Å². The van der Waals surface area contributed by atoms with Crippen LogP contribution in [0.2, 0.25) is 5.02 Å². The Morgan fingerprint density at radius 2 is 1.43 bits per heavy atom. The molecule has 0 saturated heterocycles. The number of halogens is 1. The monoisotopic (exact) mass is 645 g/mol. The molecule has 0 bridgehead atoms. The molecule has 1 atom stereocenters. The minimum absolute atomic E-state index is 0.0595. The first-order chi connectivity index (χ1) is 22.2. The Labute approximate surface area is 277 Å². The Morgan fingerprint density at radius 3 is 2.15 bits per heavy atom. The van der Waals surface area contributed by atoms with E-state index in [1.807, 2.05) is 86.6 Å². The standard InChI is InChI=1S/C38H32ClN3O3S/c1-25-16-17-26(2)33(22-25)41-38(45)35(28-10-5-3-6-11-28)46-32-15-9-14-31(24-32)40-37(44)34(23-27-18-20-30(39)21-19-27)42-36(43)29-12-7-4-8-13-29/h3-24,35H,1-2H3,(H,40,44)(H,41,45)(H,42,43)/b34-23-. The van der Waals surface area contributed by atoms with E-state index in [1.165, 1.54) is 11.8 Å². The molecule has 1 unspecified atom stereocenters. The maximum Gasteiger partial charge on any atom is 0.272 e. The topological polar surface area (TPSA) is 87.3 Å². The number of carbonyl (C=O) groups excluding carboxylic acids is 3. The normalized spacial score (nSPS) is 11.8. The Balaban J connectivity index is 1.38. The summed E-state index contributed by atoms with van der Waals surface area (Å²) in [7, 11) is 0. The van der Waals surface area contributed by atoms with Gasteiger partial charge in [0.05, 0.1) is 0 Å². The number of hydrogen-bond donors (Lipinski definition) is 3. The van der Waals surface area contributed by atoms with Gasteiger partial charge >= 0.3 is 0 Å². The number of anilines is 2. The van der Waals surface area contributed by atoms with E-state index >= 15 is 0 Å². The molecule has 0 aliphatic heterocycles. The summed E-state index contributed by atoms with van der Waals surface area (Å²) in [4.78, 5) is 41.1. The number of carbonyl (C=O) groups is 3. The van der Waals surface area contributed by atoms with E-state index in [4.69, 9.17) is 11.6 Å². The van der Waals surface area contributed by atoms with Crippen molar-refractivity contribution >= 4 is 58.5 Å². The highest BCUT2D eigenvalue weighted by molar-refractivity contribution is 8.00. The third kappa shape index (κ3) is 8.75. The van der Waals surface area contributed by atoms with Crippen LogP contribution in [0.15, 0.2) is 138 Å². The molecule has 3 N–H and O–H groups in total. The Morgan fingerprint density at radius 1 is 0.739 bits per heavy atom. The molecule has 230 valence electrons. The first kappa shape index (κ1) is 32.3. The summed E-state index contributed by atoms with van der Waals surface area (Å²) in [5, 5.41) is 8.76. The van der Waals surface area contributed by atoms with Gasteiger partial charge in [-0.3, -0.25) is 14.4 Å². The molecule has 6 nitrogen and oxygen atoms in total. The zero-order valence-electron chi connectivity index (χ0n) is 25.3. The molecular formula is C38H32ClN3O3S. The van der Waals surface area contributed by atoms with Crippen LogP contribution < -0.4 is 16.0 Å². The number of hydrogen-bond acceptors (Lipinski definition) is 4. The summed E-state index contributed by atoms with van der Waals surface area (Å²) < 4.78 is 0. The summed E-state index contributed by atoms with van der Waals surface area (Å²) in [6.45, 7) is 3.95. The van der Waals surface area contributed by atoms with Crippen LogP contribution >= 0.6 is 23.4 Å². The second-order valence-electron chi connectivity index (χ2n) is 10.6. The van der Waals surface area contributed by atoms with Gasteiger partial charge in [0.2, 0.25) is 5.91 Å². The number of rotatable bonds is 10. The number of amides is 3. The molecule has 0 aromatic heterocycles. The van der Waals surface area contributed by atoms with E-state index in [0.29, 0.717) is 21.8 Å². The molecule has 0 radical (unpaired) electrons. The van der Waals surface area contributed by atoms with Crippen molar-refractivity contribution < 1.29 is 14.4 Å². The predicted octanol–water partition coefficient (Wildman–Crippen LogP) is 8.84. The summed E-state index contributed by atoms with van der Waals surface area (Å²) in [6, 6.07) is 38.4. The maximum absolute atomic E-state index is 13.7. The summed E-state index contributed by atoms with van der Waals surface area (Å²) >= 11 is 7.43. The van der Waals surface area contributed by atoms with Gasteiger partial charge < -0.3 is 16.0 Å². The zero-order valence-corrected chi connectivity index (χ0v) is 26.9. The van der Waals surface area contributed by atoms with Crippen molar-refractivity contribution in [3.63, 3.8) is 0 Å². The Kier molecular flexibility index (Phi) is 10.7. The fourth-order valence-corrected chi connectivity index (χ4v) is 5.83. The number of aryl methyl sites for hydroxylation is 2. The lowest BCUT2D eigenvalue weighted by Crippen LogP contribution is -2.30. The number of nitrogens with one attached hydrogen (secondary N) is 3. The average Bonchev–Trinajstić information content (AvgIpc) is 3.07. The molecule has 0 fully saturated rings. The van der Waals surface area contributed by atoms with Gasteiger partial charge in [0, 0.05) is 26.9 Å². The Bertz CT molecular complexity index is 1880. The largest absolute Gasteiger partial charge is 0.325 e. The van der Waals surface area contributed by atoms with Gasteiger partial charge in [0.1, 0.15) is 10.9 Å². The van der Waals surface area contributed by atoms with E-state index in [0.717, 1.165) is 27.3 Å². The molecule has 5 aromatic carbocycles. The van der Waals surface area contributed by atoms with Crippen molar-refractivity contribution in [2.45, 2.75) is 24.0 Å². The van der Waals surface area contributed by atoms with E-state index in [2.05, 4.69) is 16.0 Å². The maximum atomic E-state index is 13.7. The van der Waals surface area contributed by atoms with Crippen molar-refractivity contribution in [1.82, 2.24) is 5.32 Å². The zero-order chi connectivity index (χ0) is 32.5. The van der Waals surface area contributed by atoms with Gasteiger partial charge in [-0.25, -0.2) is 0 Å². The second-order valence-corrected chi connectivity index (χ2v) is 12.2. The SMILES string of the molecule is Cc1ccc(C)c(NC(=O)C(Sc2cccc(NC(=O)/C(=C/c3ccc(Cl)cc3)NC(=O)c3ccccc3)c2)c2ccccc2)c1. The summed E-state index contributed by atoms with van der Waals surface area (Å²) in [5.41, 5.74) is 5.32. The van der Waals surface area contributed by atoms with Crippen LogP contribution in [0.5, 0.6) is 0 Å². The molecule has 0 saturated carbocycles. The number of thioether (sulfide) groups is 1. The molecule has 8 heteroatoms. The molecule has 3 amide bonds. The molecule has 0 heterocycles. The summed E-state index contributed by atoms with van der Waals surface area (Å²) in [5.74, 6) is -1.08. The first-order valence-corrected chi connectivity index (χ1v) is 15.9. The Hall–Kier alpha value is -5.11. The minimum Gasteiger partial charge on any atom is -0.325 e. The second kappa shape index (κ2) is 15.3. The van der Waals surface area contributed by atoms with E-state index in [1.54, 1.807) is 60.7 Å². The van der Waals surface area contributed by atoms with Crippen LogP contribution in [0.1, 0.15) is 37.9 Å². The fraction of sp³-hybridized carbons (Fsp3) is 0.0789. The van der Waals surface area contributed by atoms with Crippen molar-refractivity contribution in [3.8, 4) is 0 Å². The van der Waals surface area contributed by atoms with Crippen molar-refractivity contribution in [3.05, 3.63) is 166 Å². The van der Waals surface area contributed by atoms with Crippen molar-refractivity contribution in [1.29, 1.82) is 0 Å². The van der Waals surface area contributed by atoms with Crippen LogP contribution in [0, 0.1) is 13.8 Å². The molecule has 5 rings (SSSR count). The van der Waals surface area contributed by atoms with E-state index < -0.39 is 17.1 Å². The van der Waals surface area contributed by atoms with E-state index in [9.17, 15) is 14.4 Å². The lowest BCUT2D eigenvalue weighted by molar-refractivity contribution is -0.116. The highest BCUT2D eigenvalue weighted by Crippen LogP contribution is 2.37. The third-order valence-electron chi connectivity index (χ3n) is 7.05. The minimum atomic E-state index is -0.558. The van der Waals surface area contributed by atoms with Gasteiger partial charge in [-0.05, 0) is 90.7 Å². The van der Waals surface area contributed by atoms with E-state index in [-0.39, 0.29) is 11.6 Å². The average molecular weight is 646 g/mol. The molecular weight excluding hydrogens is 614 g/mol. The van der Waals surface area contributed by atoms with Gasteiger partial charge in [0.25, 0.3) is 11.8 Å². The van der Waals surface area contributed by atoms with Crippen molar-refractivity contribution in [2.75, 3.05) is 10.6 Å². The van der Waals surface area contributed by atoms with Gasteiger partial charge in [0.15, 0.2) is 0 Å². The lowest BCUT2D eigenvalue weighted by Gasteiger charge is -2.19. The van der Waals surface area contributed by atoms with Gasteiger partial charge in [-0.2, -0.15) is 0 Å². The third-order valence-corrected chi connectivity index (χ3v) is 8.55. The van der Waals surface area contributed by atoms with Crippen LogP contribution in [-0.4, -0.2) is 17.7 Å². The fourth-order valence-electron chi connectivity index (χ4n) is 4.62. The van der Waals surface area contributed by atoms with Crippen LogP contribution in [-0.2, 0) is 9.59 Å². The molecule has 5 aromatic rings. The quantitative estimate of drug-likeness (QED) is 0.105. The van der Waals surface area contributed by atoms with Gasteiger partial charge in [-0.15, -0.1) is 11.8 Å². The first-order valence-electron chi connectivity index (χ1n) is 14.6. The number of benzene rings is 5. The highest BCUT2D eigenvalue weighted by atomic mass is 35.5. The molecule has 0 spiro atoms. The lowest BCUT2D eigenvalue weighted by atomic mass is 10.1. The van der Waals surface area contributed by atoms with Crippen LogP contribution in [0.4, 0.5) is 11.4 Å². The molecule has 46 heavy (non-hydrogen) atoms. The highest BCUT2D eigenvalue weighted by Gasteiger charge is 2.23. The van der Waals surface area contributed by atoms with Crippen LogP contribution in [0.25, 0.3) is 6.08 Å². The summed E-state index contributed by atoms with van der Waals surface area (Å²) in [6.07, 6.45) is 1.59. The predicted molar refractivity (Wildman–Crippen MR) is 188 cm³/mol. The molecule has 0 aliphatic carbocycles. The smallest absolute Gasteiger partial charge is 0.272 e.